The second-order valence-corrected chi connectivity index (χ2v) is 5.38. The van der Waals surface area contributed by atoms with E-state index in [4.69, 9.17) is 10.3 Å². The Labute approximate surface area is 123 Å². The summed E-state index contributed by atoms with van der Waals surface area (Å²) in [7, 11) is 0. The molecule has 0 saturated heterocycles. The van der Waals surface area contributed by atoms with E-state index < -0.39 is 0 Å². The van der Waals surface area contributed by atoms with Crippen molar-refractivity contribution >= 4 is 37.7 Å². The molecule has 0 radical (unpaired) electrons. The first-order valence-corrected chi connectivity index (χ1v) is 6.68. The molecule has 0 aliphatic carbocycles. The molecular formula is C10H6Br2N6O. The van der Waals surface area contributed by atoms with Gasteiger partial charge in [-0.1, -0.05) is 5.16 Å². The molecule has 0 aromatic carbocycles. The van der Waals surface area contributed by atoms with Gasteiger partial charge in [-0.15, -0.1) is 0 Å². The molecule has 0 spiro atoms. The lowest BCUT2D eigenvalue weighted by Gasteiger charge is -1.97. The Bertz CT molecular complexity index is 737. The predicted molar refractivity (Wildman–Crippen MR) is 74.9 cm³/mol. The average Bonchev–Trinajstić information content (AvgIpc) is 2.97. The maximum atomic E-state index is 5.52. The minimum atomic E-state index is 0.302. The molecule has 0 fully saturated rings. The molecule has 3 heterocycles. The van der Waals surface area contributed by atoms with Crippen molar-refractivity contribution in [3.63, 3.8) is 0 Å². The second-order valence-electron chi connectivity index (χ2n) is 3.61. The molecule has 0 bridgehead atoms. The largest absolute Gasteiger partial charge is 0.382 e. The fourth-order valence-electron chi connectivity index (χ4n) is 1.45. The average molecular weight is 386 g/mol. The van der Waals surface area contributed by atoms with Gasteiger partial charge in [0.1, 0.15) is 17.2 Å². The van der Waals surface area contributed by atoms with Crippen LogP contribution in [-0.2, 0) is 0 Å². The van der Waals surface area contributed by atoms with Crippen molar-refractivity contribution in [2.75, 3.05) is 5.73 Å². The molecule has 0 saturated carbocycles. The van der Waals surface area contributed by atoms with Crippen LogP contribution >= 0.6 is 31.9 Å². The van der Waals surface area contributed by atoms with Crippen molar-refractivity contribution in [3.05, 3.63) is 27.3 Å². The standard InChI is InChI=1S/C10H6Br2N6O/c11-4-1-5(12)8(14-3-4)9-15-10(19-18-9)6-2-7(13)17-16-6/h1-3H,(H3,13,16,17). The second kappa shape index (κ2) is 4.74. The van der Waals surface area contributed by atoms with Crippen LogP contribution in [0.4, 0.5) is 5.82 Å². The molecule has 3 N–H and O–H groups in total. The fourth-order valence-corrected chi connectivity index (χ4v) is 2.62. The van der Waals surface area contributed by atoms with Gasteiger partial charge in [-0.2, -0.15) is 10.1 Å². The molecule has 0 amide bonds. The van der Waals surface area contributed by atoms with Crippen LogP contribution in [0.3, 0.4) is 0 Å². The highest BCUT2D eigenvalue weighted by Crippen LogP contribution is 2.28. The summed E-state index contributed by atoms with van der Waals surface area (Å²) in [6.07, 6.45) is 1.66. The molecule has 19 heavy (non-hydrogen) atoms. The minimum absolute atomic E-state index is 0.302. The highest BCUT2D eigenvalue weighted by Gasteiger charge is 2.15. The third kappa shape index (κ3) is 2.38. The number of H-pyrrole nitrogens is 1. The fraction of sp³-hybridized carbons (Fsp3) is 0. The Morgan fingerprint density at radius 2 is 2.11 bits per heavy atom. The molecule has 96 valence electrons. The summed E-state index contributed by atoms with van der Waals surface area (Å²) in [6, 6.07) is 3.47. The topological polar surface area (TPSA) is 107 Å². The molecule has 3 rings (SSSR count). The Morgan fingerprint density at radius 1 is 1.26 bits per heavy atom. The summed E-state index contributed by atoms with van der Waals surface area (Å²) < 4.78 is 6.76. The van der Waals surface area contributed by atoms with Crippen molar-refractivity contribution in [2.24, 2.45) is 0 Å². The molecule has 3 aromatic heterocycles. The number of aromatic nitrogens is 5. The number of hydrogen-bond donors (Lipinski definition) is 2. The zero-order valence-electron chi connectivity index (χ0n) is 9.26. The zero-order chi connectivity index (χ0) is 13.4. The molecule has 3 aromatic rings. The van der Waals surface area contributed by atoms with E-state index in [1.807, 2.05) is 6.07 Å². The van der Waals surface area contributed by atoms with E-state index in [1.54, 1.807) is 12.3 Å². The van der Waals surface area contributed by atoms with Crippen LogP contribution in [0.1, 0.15) is 0 Å². The maximum absolute atomic E-state index is 5.52. The third-order valence-corrected chi connectivity index (χ3v) is 3.31. The number of rotatable bonds is 2. The Kier molecular flexibility index (Phi) is 3.07. The molecule has 7 nitrogen and oxygen atoms in total. The number of nitrogens with zero attached hydrogens (tertiary/aromatic N) is 4. The number of pyridine rings is 1. The molecule has 9 heteroatoms. The molecule has 0 unspecified atom stereocenters. The highest BCUT2D eigenvalue weighted by atomic mass is 79.9. The summed E-state index contributed by atoms with van der Waals surface area (Å²) in [6.45, 7) is 0. The monoisotopic (exact) mass is 384 g/mol. The Morgan fingerprint density at radius 3 is 2.79 bits per heavy atom. The van der Waals surface area contributed by atoms with Crippen LogP contribution in [0.15, 0.2) is 31.8 Å². The van der Waals surface area contributed by atoms with E-state index in [-0.39, 0.29) is 0 Å². The normalized spacial score (nSPS) is 10.8. The quantitative estimate of drug-likeness (QED) is 0.702. The van der Waals surface area contributed by atoms with Gasteiger partial charge in [0.15, 0.2) is 0 Å². The predicted octanol–water partition coefficient (Wildman–Crippen LogP) is 2.63. The van der Waals surface area contributed by atoms with Crippen LogP contribution in [0.5, 0.6) is 0 Å². The number of nitrogens with two attached hydrogens (primary N) is 1. The van der Waals surface area contributed by atoms with Gasteiger partial charge < -0.3 is 10.3 Å². The van der Waals surface area contributed by atoms with Crippen molar-refractivity contribution < 1.29 is 4.52 Å². The minimum Gasteiger partial charge on any atom is -0.382 e. The van der Waals surface area contributed by atoms with E-state index in [0.29, 0.717) is 28.9 Å². The first-order valence-electron chi connectivity index (χ1n) is 5.10. The van der Waals surface area contributed by atoms with Crippen LogP contribution in [-0.4, -0.2) is 25.3 Å². The lowest BCUT2D eigenvalue weighted by Crippen LogP contribution is -1.87. The number of hydrogen-bond acceptors (Lipinski definition) is 6. The van der Waals surface area contributed by atoms with Crippen molar-refractivity contribution in [1.29, 1.82) is 0 Å². The molecule has 0 atom stereocenters. The number of halogens is 2. The first-order chi connectivity index (χ1) is 9.13. The summed E-state index contributed by atoms with van der Waals surface area (Å²) in [4.78, 5) is 8.47. The van der Waals surface area contributed by atoms with Gasteiger partial charge in [0.2, 0.25) is 5.82 Å². The maximum Gasteiger partial charge on any atom is 0.276 e. The lowest BCUT2D eigenvalue weighted by molar-refractivity contribution is 0.430. The number of aromatic amines is 1. The summed E-state index contributed by atoms with van der Waals surface area (Å²) in [5.41, 5.74) is 6.67. The summed E-state index contributed by atoms with van der Waals surface area (Å²) in [5.74, 6) is 1.04. The Balaban J connectivity index is 2.01. The number of nitrogen functional groups attached to an aromatic ring is 1. The van der Waals surface area contributed by atoms with Crippen LogP contribution in [0, 0.1) is 0 Å². The van der Waals surface area contributed by atoms with E-state index in [1.165, 1.54) is 0 Å². The third-order valence-electron chi connectivity index (χ3n) is 2.27. The van der Waals surface area contributed by atoms with Gasteiger partial charge in [0.25, 0.3) is 5.89 Å². The summed E-state index contributed by atoms with van der Waals surface area (Å²) in [5, 5.41) is 10.4. The number of anilines is 1. The number of nitrogens with one attached hydrogen (secondary N) is 1. The Hall–Kier alpha value is -1.74. The van der Waals surface area contributed by atoms with Gasteiger partial charge >= 0.3 is 0 Å². The van der Waals surface area contributed by atoms with Crippen LogP contribution in [0.25, 0.3) is 23.1 Å². The van der Waals surface area contributed by atoms with E-state index in [2.05, 4.69) is 57.2 Å². The summed E-state index contributed by atoms with van der Waals surface area (Å²) >= 11 is 6.73. The smallest absolute Gasteiger partial charge is 0.276 e. The van der Waals surface area contributed by atoms with Crippen LogP contribution in [0.2, 0.25) is 0 Å². The van der Waals surface area contributed by atoms with E-state index in [9.17, 15) is 0 Å². The van der Waals surface area contributed by atoms with Crippen molar-refractivity contribution in [2.45, 2.75) is 0 Å². The van der Waals surface area contributed by atoms with Gasteiger partial charge in [-0.25, -0.2) is 0 Å². The first kappa shape index (κ1) is 12.3. The SMILES string of the molecule is Nc1cc(-c2nc(-c3ncc(Br)cc3Br)no2)[nH]n1. The van der Waals surface area contributed by atoms with E-state index in [0.717, 1.165) is 8.95 Å². The molecular weight excluding hydrogens is 380 g/mol. The van der Waals surface area contributed by atoms with Crippen LogP contribution < -0.4 is 5.73 Å². The lowest BCUT2D eigenvalue weighted by atomic mass is 10.3. The van der Waals surface area contributed by atoms with Crippen molar-refractivity contribution in [3.8, 4) is 23.1 Å². The van der Waals surface area contributed by atoms with Gasteiger partial charge in [0.05, 0.1) is 0 Å². The van der Waals surface area contributed by atoms with Gasteiger partial charge in [-0.3, -0.25) is 10.1 Å². The van der Waals surface area contributed by atoms with E-state index >= 15 is 0 Å². The molecule has 0 aliphatic rings. The highest BCUT2D eigenvalue weighted by molar-refractivity contribution is 9.11. The zero-order valence-corrected chi connectivity index (χ0v) is 12.4. The van der Waals surface area contributed by atoms with Gasteiger partial charge in [0, 0.05) is 21.2 Å². The molecule has 0 aliphatic heterocycles. The van der Waals surface area contributed by atoms with Gasteiger partial charge in [-0.05, 0) is 37.9 Å². The van der Waals surface area contributed by atoms with Crippen molar-refractivity contribution in [1.82, 2.24) is 25.3 Å².